The lowest BCUT2D eigenvalue weighted by molar-refractivity contribution is 0.370. The second kappa shape index (κ2) is 7.39. The molecule has 0 aliphatic heterocycles. The van der Waals surface area contributed by atoms with E-state index in [4.69, 9.17) is 10.7 Å². The van der Waals surface area contributed by atoms with Gasteiger partial charge in [-0.1, -0.05) is 67.1 Å². The van der Waals surface area contributed by atoms with Crippen molar-refractivity contribution in [3.63, 3.8) is 0 Å². The second-order valence-electron chi connectivity index (χ2n) is 7.59. The minimum Gasteiger partial charge on any atom is -0.369 e. The van der Waals surface area contributed by atoms with Crippen LogP contribution in [0.3, 0.4) is 0 Å². The molecule has 27 heavy (non-hydrogen) atoms. The first kappa shape index (κ1) is 17.5. The zero-order valence-electron chi connectivity index (χ0n) is 15.4. The predicted octanol–water partition coefficient (Wildman–Crippen LogP) is 3.80. The first-order chi connectivity index (χ1) is 13.2. The molecule has 1 aliphatic carbocycles. The van der Waals surface area contributed by atoms with Crippen molar-refractivity contribution in [2.75, 3.05) is 5.73 Å². The van der Waals surface area contributed by atoms with Crippen LogP contribution in [0.1, 0.15) is 41.6 Å². The van der Waals surface area contributed by atoms with Crippen molar-refractivity contribution in [3.8, 4) is 0 Å². The van der Waals surface area contributed by atoms with Gasteiger partial charge in [0.25, 0.3) is 5.56 Å². The molecule has 0 amide bonds. The first-order valence-electron chi connectivity index (χ1n) is 9.63. The van der Waals surface area contributed by atoms with E-state index in [2.05, 4.69) is 53.5 Å². The number of aromatic nitrogens is 2. The Hall–Kier alpha value is -2.88. The SMILES string of the molecule is Nc1nc2c(c(=O)[nH]1)CCCCC2(Cc1ccccc1)Cc1ccccc1. The Kier molecular flexibility index (Phi) is 4.80. The highest BCUT2D eigenvalue weighted by Crippen LogP contribution is 2.40. The van der Waals surface area contributed by atoms with Crippen LogP contribution < -0.4 is 11.3 Å². The van der Waals surface area contributed by atoms with E-state index >= 15 is 0 Å². The average Bonchev–Trinajstić information content (AvgIpc) is 2.84. The number of nitrogens with two attached hydrogens (primary N) is 1. The van der Waals surface area contributed by atoms with E-state index < -0.39 is 0 Å². The van der Waals surface area contributed by atoms with Gasteiger partial charge in [0.1, 0.15) is 0 Å². The lowest BCUT2D eigenvalue weighted by Gasteiger charge is -2.34. The van der Waals surface area contributed by atoms with Crippen molar-refractivity contribution in [1.29, 1.82) is 0 Å². The van der Waals surface area contributed by atoms with Crippen molar-refractivity contribution < 1.29 is 0 Å². The zero-order valence-corrected chi connectivity index (χ0v) is 15.4. The van der Waals surface area contributed by atoms with Gasteiger partial charge in [0.05, 0.1) is 5.69 Å². The molecule has 0 radical (unpaired) electrons. The maximum Gasteiger partial charge on any atom is 0.255 e. The van der Waals surface area contributed by atoms with E-state index in [1.807, 2.05) is 12.1 Å². The number of anilines is 1. The monoisotopic (exact) mass is 359 g/mol. The Morgan fingerprint density at radius 2 is 1.52 bits per heavy atom. The smallest absolute Gasteiger partial charge is 0.255 e. The molecule has 1 aromatic heterocycles. The number of rotatable bonds is 4. The van der Waals surface area contributed by atoms with Crippen molar-refractivity contribution in [1.82, 2.24) is 9.97 Å². The van der Waals surface area contributed by atoms with Crippen LogP contribution >= 0.6 is 0 Å². The fraction of sp³-hybridized carbons (Fsp3) is 0.304. The lowest BCUT2D eigenvalue weighted by atomic mass is 9.70. The van der Waals surface area contributed by atoms with Crippen LogP contribution in [-0.2, 0) is 24.7 Å². The van der Waals surface area contributed by atoms with Gasteiger partial charge in [0.15, 0.2) is 0 Å². The molecule has 4 rings (SSSR count). The molecule has 0 spiro atoms. The number of benzene rings is 2. The van der Waals surface area contributed by atoms with Crippen molar-refractivity contribution in [3.05, 3.63) is 93.4 Å². The average molecular weight is 359 g/mol. The topological polar surface area (TPSA) is 71.8 Å². The summed E-state index contributed by atoms with van der Waals surface area (Å²) in [6.07, 6.45) is 5.56. The second-order valence-corrected chi connectivity index (χ2v) is 7.59. The molecule has 4 nitrogen and oxygen atoms in total. The van der Waals surface area contributed by atoms with Gasteiger partial charge in [-0.15, -0.1) is 0 Å². The minimum absolute atomic E-state index is 0.0788. The number of hydrogen-bond donors (Lipinski definition) is 2. The number of nitrogens with one attached hydrogen (secondary N) is 1. The van der Waals surface area contributed by atoms with E-state index in [0.29, 0.717) is 0 Å². The fourth-order valence-electron chi connectivity index (χ4n) is 4.45. The number of aromatic amines is 1. The van der Waals surface area contributed by atoms with Crippen LogP contribution in [0, 0.1) is 0 Å². The molecule has 3 aromatic rings. The summed E-state index contributed by atoms with van der Waals surface area (Å²) in [5.41, 5.74) is 9.91. The molecule has 0 bridgehead atoms. The molecule has 2 aromatic carbocycles. The Balaban J connectivity index is 1.88. The standard InChI is InChI=1S/C23H25N3O/c24-22-25-20-19(21(27)26-22)13-7-8-14-23(20,15-17-9-3-1-4-10-17)16-18-11-5-2-6-12-18/h1-6,9-12H,7-8,13-16H2,(H3,24,25,26,27). The molecular formula is C23H25N3O. The van der Waals surface area contributed by atoms with Gasteiger partial charge in [-0.25, -0.2) is 4.98 Å². The fourth-order valence-corrected chi connectivity index (χ4v) is 4.45. The summed E-state index contributed by atoms with van der Waals surface area (Å²) in [4.78, 5) is 20.1. The van der Waals surface area contributed by atoms with Gasteiger partial charge >= 0.3 is 0 Å². The van der Waals surface area contributed by atoms with Crippen LogP contribution in [0.25, 0.3) is 0 Å². The third-order valence-corrected chi connectivity index (χ3v) is 5.64. The van der Waals surface area contributed by atoms with Gasteiger partial charge in [0, 0.05) is 11.0 Å². The zero-order chi connectivity index (χ0) is 18.7. The molecule has 138 valence electrons. The predicted molar refractivity (Wildman–Crippen MR) is 109 cm³/mol. The number of nitrogen functional groups attached to an aromatic ring is 1. The third kappa shape index (κ3) is 3.65. The van der Waals surface area contributed by atoms with Gasteiger partial charge in [-0.3, -0.25) is 9.78 Å². The summed E-state index contributed by atoms with van der Waals surface area (Å²) in [5.74, 6) is 0.214. The third-order valence-electron chi connectivity index (χ3n) is 5.64. The van der Waals surface area contributed by atoms with Gasteiger partial charge in [0.2, 0.25) is 5.95 Å². The Labute approximate surface area is 159 Å². The molecule has 0 saturated carbocycles. The lowest BCUT2D eigenvalue weighted by Crippen LogP contribution is -2.36. The molecule has 3 N–H and O–H groups in total. The van der Waals surface area contributed by atoms with E-state index in [9.17, 15) is 4.79 Å². The van der Waals surface area contributed by atoms with Gasteiger partial charge in [-0.05, 0) is 43.2 Å². The maximum atomic E-state index is 12.7. The summed E-state index contributed by atoms with van der Waals surface area (Å²) in [5, 5.41) is 0. The van der Waals surface area contributed by atoms with Crippen molar-refractivity contribution >= 4 is 5.95 Å². The van der Waals surface area contributed by atoms with Crippen molar-refractivity contribution in [2.24, 2.45) is 0 Å². The molecular weight excluding hydrogens is 334 g/mol. The number of nitrogens with zero attached hydrogens (tertiary/aromatic N) is 1. The Morgan fingerprint density at radius 3 is 2.11 bits per heavy atom. The van der Waals surface area contributed by atoms with E-state index in [1.54, 1.807) is 0 Å². The number of fused-ring (bicyclic) bond motifs is 1. The summed E-state index contributed by atoms with van der Waals surface area (Å²) in [6, 6.07) is 21.0. The summed E-state index contributed by atoms with van der Waals surface area (Å²) >= 11 is 0. The van der Waals surface area contributed by atoms with Crippen LogP contribution in [0.15, 0.2) is 65.5 Å². The van der Waals surface area contributed by atoms with Crippen LogP contribution in [0.5, 0.6) is 0 Å². The molecule has 0 atom stereocenters. The quantitative estimate of drug-likeness (QED) is 0.696. The maximum absolute atomic E-state index is 12.7. The molecule has 0 unspecified atom stereocenters. The molecule has 0 fully saturated rings. The minimum atomic E-state index is -0.225. The highest BCUT2D eigenvalue weighted by atomic mass is 16.1. The summed E-state index contributed by atoms with van der Waals surface area (Å²) in [7, 11) is 0. The van der Waals surface area contributed by atoms with Crippen LogP contribution in [-0.4, -0.2) is 9.97 Å². The molecule has 0 saturated heterocycles. The molecule has 1 aliphatic rings. The summed E-state index contributed by atoms with van der Waals surface area (Å²) in [6.45, 7) is 0. The largest absolute Gasteiger partial charge is 0.369 e. The van der Waals surface area contributed by atoms with Crippen LogP contribution in [0.4, 0.5) is 5.95 Å². The van der Waals surface area contributed by atoms with E-state index in [-0.39, 0.29) is 16.9 Å². The van der Waals surface area contributed by atoms with Gasteiger partial charge < -0.3 is 5.73 Å². The van der Waals surface area contributed by atoms with Crippen molar-refractivity contribution in [2.45, 2.75) is 43.9 Å². The highest BCUT2D eigenvalue weighted by molar-refractivity contribution is 5.37. The Bertz CT molecular complexity index is 922. The summed E-state index contributed by atoms with van der Waals surface area (Å²) < 4.78 is 0. The molecule has 1 heterocycles. The normalized spacial score (nSPS) is 15.7. The van der Waals surface area contributed by atoms with E-state index in [1.165, 1.54) is 11.1 Å². The number of hydrogen-bond acceptors (Lipinski definition) is 3. The molecule has 4 heteroatoms. The highest BCUT2D eigenvalue weighted by Gasteiger charge is 2.38. The first-order valence-corrected chi connectivity index (χ1v) is 9.63. The Morgan fingerprint density at radius 1 is 0.926 bits per heavy atom. The van der Waals surface area contributed by atoms with Crippen LogP contribution in [0.2, 0.25) is 0 Å². The van der Waals surface area contributed by atoms with Gasteiger partial charge in [-0.2, -0.15) is 0 Å². The number of H-pyrrole nitrogens is 1. The van der Waals surface area contributed by atoms with E-state index in [0.717, 1.165) is 49.8 Å².